The van der Waals surface area contributed by atoms with Crippen molar-refractivity contribution in [1.29, 1.82) is 0 Å². The van der Waals surface area contributed by atoms with Crippen molar-refractivity contribution in [2.75, 3.05) is 5.43 Å². The number of hydrogen-bond acceptors (Lipinski definition) is 5. The molecule has 0 atom stereocenters. The Morgan fingerprint density at radius 1 is 1.67 bits per heavy atom. The summed E-state index contributed by atoms with van der Waals surface area (Å²) in [5, 5.41) is 15.8. The van der Waals surface area contributed by atoms with Gasteiger partial charge in [-0.15, -0.1) is 5.10 Å². The fraction of sp³-hybridized carbons (Fsp3) is 0. The van der Waals surface area contributed by atoms with Crippen molar-refractivity contribution in [3.8, 4) is 5.75 Å². The highest BCUT2D eigenvalue weighted by Crippen LogP contribution is 2.14. The second-order valence-corrected chi connectivity index (χ2v) is 1.41. The molecule has 0 aliphatic heterocycles. The van der Waals surface area contributed by atoms with Gasteiger partial charge < -0.3 is 10.5 Å². The van der Waals surface area contributed by atoms with Crippen LogP contribution in [0.25, 0.3) is 0 Å². The quantitative estimate of drug-likeness (QED) is 0.348. The van der Waals surface area contributed by atoms with Crippen LogP contribution in [0.1, 0.15) is 0 Å². The van der Waals surface area contributed by atoms with E-state index in [0.717, 1.165) is 0 Å². The Balaban J connectivity index is 3.01. The Bertz CT molecular complexity index is 202. The molecule has 0 saturated carbocycles. The van der Waals surface area contributed by atoms with Crippen LogP contribution in [-0.4, -0.2) is 15.3 Å². The van der Waals surface area contributed by atoms with E-state index in [2.05, 4.69) is 15.6 Å². The third-order valence-corrected chi connectivity index (χ3v) is 0.836. The molecule has 0 spiro atoms. The summed E-state index contributed by atoms with van der Waals surface area (Å²) in [4.78, 5) is 0. The Morgan fingerprint density at radius 2 is 2.44 bits per heavy atom. The smallest absolute Gasteiger partial charge is 0.204 e. The summed E-state index contributed by atoms with van der Waals surface area (Å²) in [5.41, 5.74) is 2.17. The lowest BCUT2D eigenvalue weighted by molar-refractivity contribution is 0.473. The lowest BCUT2D eigenvalue weighted by atomic mass is 10.5. The second kappa shape index (κ2) is 2.27. The van der Waals surface area contributed by atoms with Crippen LogP contribution in [0.3, 0.4) is 0 Å². The average Bonchev–Trinajstić information content (AvgIpc) is 1.89. The molecule has 5 heteroatoms. The van der Waals surface area contributed by atoms with E-state index in [-0.39, 0.29) is 11.6 Å². The Hall–Kier alpha value is -1.36. The molecular weight excluding hydrogens is 120 g/mol. The van der Waals surface area contributed by atoms with Crippen LogP contribution >= 0.6 is 0 Å². The third-order valence-electron chi connectivity index (χ3n) is 0.836. The Labute approximate surface area is 51.5 Å². The summed E-state index contributed by atoms with van der Waals surface area (Å²) in [7, 11) is 0. The molecule has 1 rings (SSSR count). The predicted octanol–water partition coefficient (Wildman–Crippen LogP) is -0.532. The number of aromatic nitrogens is 2. The van der Waals surface area contributed by atoms with Crippen molar-refractivity contribution in [2.24, 2.45) is 5.84 Å². The number of rotatable bonds is 1. The van der Waals surface area contributed by atoms with Crippen molar-refractivity contribution in [2.45, 2.75) is 0 Å². The maximum atomic E-state index is 8.87. The van der Waals surface area contributed by atoms with E-state index in [1.165, 1.54) is 12.3 Å². The van der Waals surface area contributed by atoms with E-state index in [9.17, 15) is 0 Å². The molecule has 0 aliphatic carbocycles. The molecule has 1 aromatic heterocycles. The number of hydrazine groups is 1. The van der Waals surface area contributed by atoms with E-state index >= 15 is 0 Å². The molecule has 0 aliphatic rings. The number of aromatic hydroxyl groups is 1. The lowest BCUT2D eigenvalue weighted by Crippen LogP contribution is -2.08. The van der Waals surface area contributed by atoms with E-state index in [0.29, 0.717) is 0 Å². The van der Waals surface area contributed by atoms with E-state index < -0.39 is 0 Å². The first-order valence-electron chi connectivity index (χ1n) is 2.32. The zero-order chi connectivity index (χ0) is 6.69. The van der Waals surface area contributed by atoms with Gasteiger partial charge in [-0.25, -0.2) is 5.84 Å². The van der Waals surface area contributed by atoms with Gasteiger partial charge in [0.25, 0.3) is 0 Å². The molecule has 1 heterocycles. The van der Waals surface area contributed by atoms with Crippen molar-refractivity contribution in [3.05, 3.63) is 12.3 Å². The summed E-state index contributed by atoms with van der Waals surface area (Å²) < 4.78 is 0. The van der Waals surface area contributed by atoms with Crippen LogP contribution < -0.4 is 11.3 Å². The monoisotopic (exact) mass is 126 g/mol. The fourth-order valence-corrected chi connectivity index (χ4v) is 0.428. The number of nitrogens with two attached hydrogens (primary N) is 1. The highest BCUT2D eigenvalue weighted by molar-refractivity contribution is 5.45. The molecular formula is C4H6N4O. The zero-order valence-corrected chi connectivity index (χ0v) is 4.57. The van der Waals surface area contributed by atoms with Gasteiger partial charge in [0.15, 0.2) is 5.75 Å². The first-order chi connectivity index (χ1) is 4.34. The minimum atomic E-state index is -0.00694. The molecule has 4 N–H and O–H groups in total. The van der Waals surface area contributed by atoms with Gasteiger partial charge in [0.1, 0.15) is 0 Å². The summed E-state index contributed by atoms with van der Waals surface area (Å²) in [6, 6.07) is 1.39. The number of nitrogens with zero attached hydrogens (tertiary/aromatic N) is 2. The Morgan fingerprint density at radius 3 is 2.89 bits per heavy atom. The van der Waals surface area contributed by atoms with Crippen LogP contribution in [0.4, 0.5) is 5.82 Å². The van der Waals surface area contributed by atoms with Crippen molar-refractivity contribution >= 4 is 5.82 Å². The lowest BCUT2D eigenvalue weighted by Gasteiger charge is -1.96. The molecule has 5 nitrogen and oxygen atoms in total. The fourth-order valence-electron chi connectivity index (χ4n) is 0.428. The van der Waals surface area contributed by atoms with Gasteiger partial charge in [-0.3, -0.25) is 0 Å². The minimum Gasteiger partial charge on any atom is -0.504 e. The highest BCUT2D eigenvalue weighted by atomic mass is 16.3. The summed E-state index contributed by atoms with van der Waals surface area (Å²) in [6.45, 7) is 0. The first-order valence-corrected chi connectivity index (χ1v) is 2.32. The number of nitrogen functional groups attached to an aromatic ring is 1. The molecule has 0 fully saturated rings. The van der Waals surface area contributed by atoms with E-state index in [1.54, 1.807) is 0 Å². The van der Waals surface area contributed by atoms with E-state index in [1.807, 2.05) is 0 Å². The molecule has 9 heavy (non-hydrogen) atoms. The molecule has 0 amide bonds. The van der Waals surface area contributed by atoms with Crippen LogP contribution in [0.15, 0.2) is 12.3 Å². The topological polar surface area (TPSA) is 84.1 Å². The summed E-state index contributed by atoms with van der Waals surface area (Å²) in [6.07, 6.45) is 1.37. The number of hydrogen-bond donors (Lipinski definition) is 3. The van der Waals surface area contributed by atoms with Crippen molar-refractivity contribution in [1.82, 2.24) is 10.2 Å². The molecule has 0 aromatic carbocycles. The van der Waals surface area contributed by atoms with Gasteiger partial charge in [-0.1, -0.05) is 0 Å². The van der Waals surface area contributed by atoms with Crippen molar-refractivity contribution in [3.63, 3.8) is 0 Å². The average molecular weight is 126 g/mol. The molecule has 0 radical (unpaired) electrons. The SMILES string of the molecule is NNc1nnccc1O. The van der Waals surface area contributed by atoms with Crippen molar-refractivity contribution < 1.29 is 5.11 Å². The normalized spacial score (nSPS) is 9.00. The van der Waals surface area contributed by atoms with Gasteiger partial charge in [-0.05, 0) is 0 Å². The van der Waals surface area contributed by atoms with Gasteiger partial charge in [0, 0.05) is 6.07 Å². The van der Waals surface area contributed by atoms with Crippen LogP contribution in [0.2, 0.25) is 0 Å². The van der Waals surface area contributed by atoms with Gasteiger partial charge in [-0.2, -0.15) is 5.10 Å². The molecule has 1 aromatic rings. The Kier molecular flexibility index (Phi) is 1.46. The van der Waals surface area contributed by atoms with Crippen LogP contribution in [-0.2, 0) is 0 Å². The van der Waals surface area contributed by atoms with Gasteiger partial charge in [0.05, 0.1) is 6.20 Å². The van der Waals surface area contributed by atoms with Crippen LogP contribution in [0.5, 0.6) is 5.75 Å². The zero-order valence-electron chi connectivity index (χ0n) is 4.57. The predicted molar refractivity (Wildman–Crippen MR) is 31.5 cm³/mol. The second-order valence-electron chi connectivity index (χ2n) is 1.41. The molecule has 0 saturated heterocycles. The number of nitrogens with one attached hydrogen (secondary N) is 1. The first kappa shape index (κ1) is 5.77. The maximum Gasteiger partial charge on any atom is 0.204 e. The highest BCUT2D eigenvalue weighted by Gasteiger charge is 1.95. The molecule has 0 bridgehead atoms. The largest absolute Gasteiger partial charge is 0.504 e. The molecule has 48 valence electrons. The maximum absolute atomic E-state index is 8.87. The summed E-state index contributed by atoms with van der Waals surface area (Å²) >= 11 is 0. The molecule has 0 unspecified atom stereocenters. The van der Waals surface area contributed by atoms with Gasteiger partial charge >= 0.3 is 0 Å². The standard InChI is InChI=1S/C4H6N4O/c5-7-4-3(9)1-2-6-8-4/h1-2H,5H2,(H,6,9)(H,7,8). The third kappa shape index (κ3) is 1.06. The van der Waals surface area contributed by atoms with Crippen LogP contribution in [0, 0.1) is 0 Å². The minimum absolute atomic E-state index is 0.00694. The number of anilines is 1. The summed E-state index contributed by atoms with van der Waals surface area (Å²) in [5.74, 6) is 5.11. The van der Waals surface area contributed by atoms with E-state index in [4.69, 9.17) is 10.9 Å². The van der Waals surface area contributed by atoms with Gasteiger partial charge in [0.2, 0.25) is 5.82 Å².